The van der Waals surface area contributed by atoms with Gasteiger partial charge in [-0.05, 0) is 51.5 Å². The fraction of sp³-hybridized carbons (Fsp3) is 1.00. The van der Waals surface area contributed by atoms with E-state index in [1.807, 2.05) is 0 Å². The monoisotopic (exact) mass is 213 g/mol. The van der Waals surface area contributed by atoms with Crippen molar-refractivity contribution >= 4 is 0 Å². The van der Waals surface area contributed by atoms with Gasteiger partial charge in [0.05, 0.1) is 12.2 Å². The first kappa shape index (κ1) is 11.4. The van der Waals surface area contributed by atoms with Crippen LogP contribution >= 0.6 is 0 Å². The van der Waals surface area contributed by atoms with Crippen molar-refractivity contribution in [2.75, 3.05) is 13.2 Å². The minimum atomic E-state index is -0.0405. The molecule has 3 nitrogen and oxygen atoms in total. The molecule has 1 atom stereocenters. The first-order chi connectivity index (χ1) is 7.34. The van der Waals surface area contributed by atoms with Gasteiger partial charge in [0, 0.05) is 12.6 Å². The SMILES string of the molecule is OC1CCC(NCCC2CCCO2)CC1. The molecule has 0 spiro atoms. The van der Waals surface area contributed by atoms with Crippen molar-refractivity contribution in [1.29, 1.82) is 0 Å². The standard InChI is InChI=1S/C12H23NO2/c14-11-5-3-10(4-6-11)13-8-7-12-2-1-9-15-12/h10-14H,1-9H2. The first-order valence-electron chi connectivity index (χ1n) is 6.37. The van der Waals surface area contributed by atoms with Gasteiger partial charge in [0.1, 0.15) is 0 Å². The summed E-state index contributed by atoms with van der Waals surface area (Å²) in [5.74, 6) is 0. The van der Waals surface area contributed by atoms with E-state index in [1.54, 1.807) is 0 Å². The van der Waals surface area contributed by atoms with Crippen LogP contribution in [0.1, 0.15) is 44.9 Å². The summed E-state index contributed by atoms with van der Waals surface area (Å²) in [6.45, 7) is 2.03. The Bertz CT molecular complexity index is 172. The van der Waals surface area contributed by atoms with Crippen molar-refractivity contribution in [3.8, 4) is 0 Å². The van der Waals surface area contributed by atoms with E-state index >= 15 is 0 Å². The van der Waals surface area contributed by atoms with E-state index in [2.05, 4.69) is 5.32 Å². The summed E-state index contributed by atoms with van der Waals surface area (Å²) in [6.07, 6.45) is 8.30. The second kappa shape index (κ2) is 5.83. The molecule has 2 fully saturated rings. The maximum atomic E-state index is 9.38. The minimum absolute atomic E-state index is 0.0405. The number of aliphatic hydroxyl groups is 1. The third-order valence-corrected chi connectivity index (χ3v) is 3.62. The van der Waals surface area contributed by atoms with Crippen molar-refractivity contribution in [1.82, 2.24) is 5.32 Å². The summed E-state index contributed by atoms with van der Waals surface area (Å²) < 4.78 is 5.58. The molecule has 88 valence electrons. The van der Waals surface area contributed by atoms with E-state index < -0.39 is 0 Å². The highest BCUT2D eigenvalue weighted by Crippen LogP contribution is 2.19. The molecule has 2 rings (SSSR count). The minimum Gasteiger partial charge on any atom is -0.393 e. The molecule has 1 saturated heterocycles. The summed E-state index contributed by atoms with van der Waals surface area (Å²) in [4.78, 5) is 0. The fourth-order valence-corrected chi connectivity index (χ4v) is 2.60. The van der Waals surface area contributed by atoms with Crippen LogP contribution in [0.2, 0.25) is 0 Å². The molecule has 2 N–H and O–H groups in total. The van der Waals surface area contributed by atoms with E-state index in [4.69, 9.17) is 4.74 Å². The van der Waals surface area contributed by atoms with Gasteiger partial charge in [0.25, 0.3) is 0 Å². The number of aliphatic hydroxyl groups excluding tert-OH is 1. The molecule has 1 heterocycles. The van der Waals surface area contributed by atoms with Crippen LogP contribution in [0.3, 0.4) is 0 Å². The number of nitrogens with one attached hydrogen (secondary N) is 1. The van der Waals surface area contributed by atoms with Gasteiger partial charge in [-0.2, -0.15) is 0 Å². The molecule has 1 aliphatic carbocycles. The maximum absolute atomic E-state index is 9.38. The van der Waals surface area contributed by atoms with Gasteiger partial charge in [0.2, 0.25) is 0 Å². The summed E-state index contributed by atoms with van der Waals surface area (Å²) >= 11 is 0. The van der Waals surface area contributed by atoms with Crippen LogP contribution in [0.4, 0.5) is 0 Å². The van der Waals surface area contributed by atoms with Crippen molar-refractivity contribution in [2.45, 2.75) is 63.2 Å². The van der Waals surface area contributed by atoms with Crippen LogP contribution in [0.5, 0.6) is 0 Å². The number of ether oxygens (including phenoxy) is 1. The van der Waals surface area contributed by atoms with Gasteiger partial charge < -0.3 is 15.2 Å². The van der Waals surface area contributed by atoms with Crippen LogP contribution in [-0.2, 0) is 4.74 Å². The van der Waals surface area contributed by atoms with E-state index in [0.29, 0.717) is 12.1 Å². The molecule has 0 aromatic heterocycles. The molecule has 1 saturated carbocycles. The molecule has 15 heavy (non-hydrogen) atoms. The fourth-order valence-electron chi connectivity index (χ4n) is 2.60. The third-order valence-electron chi connectivity index (χ3n) is 3.62. The smallest absolute Gasteiger partial charge is 0.0588 e. The zero-order valence-electron chi connectivity index (χ0n) is 9.45. The zero-order chi connectivity index (χ0) is 10.5. The molecule has 0 radical (unpaired) electrons. The third kappa shape index (κ3) is 3.74. The van der Waals surface area contributed by atoms with E-state index in [1.165, 1.54) is 12.8 Å². The molecule has 0 amide bonds. The highest BCUT2D eigenvalue weighted by molar-refractivity contribution is 4.77. The second-order valence-electron chi connectivity index (χ2n) is 4.88. The Balaban J connectivity index is 1.53. The summed E-state index contributed by atoms with van der Waals surface area (Å²) in [5, 5.41) is 13.0. The highest BCUT2D eigenvalue weighted by Gasteiger charge is 2.20. The first-order valence-corrected chi connectivity index (χ1v) is 6.37. The Hall–Kier alpha value is -0.120. The van der Waals surface area contributed by atoms with Gasteiger partial charge >= 0.3 is 0 Å². The Kier molecular flexibility index (Phi) is 4.42. The molecular weight excluding hydrogens is 190 g/mol. The van der Waals surface area contributed by atoms with Crippen molar-refractivity contribution in [2.24, 2.45) is 0 Å². The predicted molar refractivity (Wildman–Crippen MR) is 59.9 cm³/mol. The van der Waals surface area contributed by atoms with Crippen molar-refractivity contribution < 1.29 is 9.84 Å². The van der Waals surface area contributed by atoms with E-state index in [-0.39, 0.29) is 6.10 Å². The van der Waals surface area contributed by atoms with Gasteiger partial charge in [-0.15, -0.1) is 0 Å². The van der Waals surface area contributed by atoms with E-state index in [9.17, 15) is 5.11 Å². The Labute approximate surface area is 92.2 Å². The van der Waals surface area contributed by atoms with E-state index in [0.717, 1.165) is 45.3 Å². The van der Waals surface area contributed by atoms with Crippen molar-refractivity contribution in [3.63, 3.8) is 0 Å². The van der Waals surface area contributed by atoms with Crippen LogP contribution in [0.15, 0.2) is 0 Å². The molecule has 3 heteroatoms. The number of hydrogen-bond acceptors (Lipinski definition) is 3. The topological polar surface area (TPSA) is 41.5 Å². The average molecular weight is 213 g/mol. The molecule has 1 aliphatic heterocycles. The van der Waals surface area contributed by atoms with Gasteiger partial charge in [-0.25, -0.2) is 0 Å². The lowest BCUT2D eigenvalue weighted by Crippen LogP contribution is -2.36. The molecule has 2 aliphatic rings. The van der Waals surface area contributed by atoms with Gasteiger partial charge in [-0.3, -0.25) is 0 Å². The van der Waals surface area contributed by atoms with Crippen LogP contribution in [0.25, 0.3) is 0 Å². The van der Waals surface area contributed by atoms with Crippen molar-refractivity contribution in [3.05, 3.63) is 0 Å². The number of hydrogen-bond donors (Lipinski definition) is 2. The highest BCUT2D eigenvalue weighted by atomic mass is 16.5. The second-order valence-corrected chi connectivity index (χ2v) is 4.88. The summed E-state index contributed by atoms with van der Waals surface area (Å²) in [6, 6.07) is 0.634. The van der Waals surface area contributed by atoms with Crippen LogP contribution in [-0.4, -0.2) is 36.5 Å². The Morgan fingerprint density at radius 1 is 1.13 bits per heavy atom. The Morgan fingerprint density at radius 3 is 2.60 bits per heavy atom. The predicted octanol–water partition coefficient (Wildman–Crippen LogP) is 1.45. The lowest BCUT2D eigenvalue weighted by Gasteiger charge is -2.26. The summed E-state index contributed by atoms with van der Waals surface area (Å²) in [5.41, 5.74) is 0. The lowest BCUT2D eigenvalue weighted by atomic mass is 9.93. The lowest BCUT2D eigenvalue weighted by molar-refractivity contribution is 0.0978. The largest absolute Gasteiger partial charge is 0.393 e. The quantitative estimate of drug-likeness (QED) is 0.742. The molecule has 1 unspecified atom stereocenters. The molecule has 0 aromatic carbocycles. The molecular formula is C12H23NO2. The van der Waals surface area contributed by atoms with Crippen LogP contribution in [0, 0.1) is 0 Å². The Morgan fingerprint density at radius 2 is 1.93 bits per heavy atom. The summed E-state index contributed by atoms with van der Waals surface area (Å²) in [7, 11) is 0. The normalized spacial score (nSPS) is 37.0. The van der Waals surface area contributed by atoms with Gasteiger partial charge in [-0.1, -0.05) is 0 Å². The zero-order valence-corrected chi connectivity index (χ0v) is 9.45. The molecule has 0 aromatic rings. The number of rotatable bonds is 4. The van der Waals surface area contributed by atoms with Crippen LogP contribution < -0.4 is 5.32 Å². The molecule has 0 bridgehead atoms. The average Bonchev–Trinajstić information content (AvgIpc) is 2.74. The van der Waals surface area contributed by atoms with Gasteiger partial charge in [0.15, 0.2) is 0 Å². The maximum Gasteiger partial charge on any atom is 0.0588 e.